The molecule has 34 heavy (non-hydrogen) atoms. The summed E-state index contributed by atoms with van der Waals surface area (Å²) in [5.74, 6) is 1.58. The largest absolute Gasteiger partial charge is 0.379 e. The van der Waals surface area contributed by atoms with Crippen LogP contribution in [-0.4, -0.2) is 20.3 Å². The molecule has 3 heterocycles. The van der Waals surface area contributed by atoms with Gasteiger partial charge < -0.3 is 15.0 Å². The molecule has 1 aromatic carbocycles. The average molecular weight is 471 g/mol. The van der Waals surface area contributed by atoms with Crippen molar-refractivity contribution in [1.82, 2.24) is 19.7 Å². The zero-order valence-electron chi connectivity index (χ0n) is 18.4. The lowest BCUT2D eigenvalue weighted by atomic mass is 10.2. The number of fused-ring (bicyclic) bond motifs is 1. The van der Waals surface area contributed by atoms with Gasteiger partial charge in [-0.15, -0.1) is 0 Å². The van der Waals surface area contributed by atoms with Crippen LogP contribution < -0.4 is 16.0 Å². The number of nitriles is 1. The molecule has 1 aliphatic carbocycles. The second-order valence-electron chi connectivity index (χ2n) is 8.17. The maximum Gasteiger partial charge on any atom is 0.210 e. The van der Waals surface area contributed by atoms with Crippen molar-refractivity contribution in [1.29, 1.82) is 5.26 Å². The number of imidazole rings is 1. The number of aromatic nitrogens is 3. The molecule has 1 saturated carbocycles. The molecule has 3 aromatic heterocycles. The first kappa shape index (κ1) is 21.7. The normalized spacial score (nSPS) is 13.5. The number of benzene rings is 1. The molecule has 0 spiro atoms. The van der Waals surface area contributed by atoms with Crippen LogP contribution in [0.4, 0.5) is 11.5 Å². The van der Waals surface area contributed by atoms with Crippen molar-refractivity contribution in [3.8, 4) is 6.19 Å². The highest BCUT2D eigenvalue weighted by atomic mass is 35.5. The van der Waals surface area contributed by atoms with Gasteiger partial charge >= 0.3 is 0 Å². The summed E-state index contributed by atoms with van der Waals surface area (Å²) in [5.41, 5.74) is 5.09. The highest BCUT2D eigenvalue weighted by Crippen LogP contribution is 2.39. The summed E-state index contributed by atoms with van der Waals surface area (Å²) in [6.07, 6.45) is 10.4. The Morgan fingerprint density at radius 3 is 2.91 bits per heavy atom. The molecule has 0 aliphatic heterocycles. The van der Waals surface area contributed by atoms with E-state index in [1.165, 1.54) is 18.4 Å². The zero-order chi connectivity index (χ0) is 23.3. The molecular formula is C25H23ClN8. The fourth-order valence-corrected chi connectivity index (χ4v) is 3.91. The maximum atomic E-state index is 9.09. The molecule has 9 heteroatoms. The molecule has 0 unspecified atom stereocenters. The van der Waals surface area contributed by atoms with Crippen LogP contribution in [0.2, 0.25) is 5.02 Å². The third kappa shape index (κ3) is 5.45. The van der Waals surface area contributed by atoms with E-state index < -0.39 is 0 Å². The second kappa shape index (κ2) is 9.81. The van der Waals surface area contributed by atoms with Gasteiger partial charge in [0.05, 0.1) is 18.8 Å². The van der Waals surface area contributed by atoms with Crippen molar-refractivity contribution >= 4 is 34.7 Å². The standard InChI is InChI=1S/C25H23ClN8/c26-20-3-1-2-17(10-20)12-30-25(31-16-27)33-23-11-21(8-9-28-23)29-13-22-15-34-14-19(18-4-5-18)6-7-24(34)32-22/h1-3,6-11,14-15,18H,4-5,12-13H2,(H3,28,29,30,31,33). The van der Waals surface area contributed by atoms with Crippen molar-refractivity contribution in [2.45, 2.75) is 31.8 Å². The quantitative estimate of drug-likeness (QED) is 0.153. The molecule has 0 atom stereocenters. The Morgan fingerprint density at radius 1 is 1.18 bits per heavy atom. The summed E-state index contributed by atoms with van der Waals surface area (Å²) in [6.45, 7) is 0.946. The van der Waals surface area contributed by atoms with E-state index in [-0.39, 0.29) is 0 Å². The van der Waals surface area contributed by atoms with Crippen molar-refractivity contribution in [2.24, 2.45) is 4.99 Å². The van der Waals surface area contributed by atoms with Crippen molar-refractivity contribution in [2.75, 3.05) is 10.6 Å². The average Bonchev–Trinajstić information content (AvgIpc) is 3.61. The highest BCUT2D eigenvalue weighted by Gasteiger charge is 2.23. The molecular weight excluding hydrogens is 448 g/mol. The van der Waals surface area contributed by atoms with Crippen LogP contribution in [0.15, 0.2) is 72.1 Å². The van der Waals surface area contributed by atoms with Crippen LogP contribution in [0, 0.1) is 11.5 Å². The van der Waals surface area contributed by atoms with E-state index in [1.807, 2.05) is 42.6 Å². The fraction of sp³-hybridized carbons (Fsp3) is 0.200. The number of pyridine rings is 2. The van der Waals surface area contributed by atoms with E-state index in [0.29, 0.717) is 35.8 Å². The number of rotatable bonds is 7. The minimum atomic E-state index is 0.305. The van der Waals surface area contributed by atoms with Gasteiger partial charge in [0.2, 0.25) is 5.96 Å². The number of aliphatic imine (C=N–C) groups is 1. The van der Waals surface area contributed by atoms with E-state index in [0.717, 1.165) is 22.6 Å². The van der Waals surface area contributed by atoms with Gasteiger partial charge in [0.15, 0.2) is 6.19 Å². The number of nitrogens with zero attached hydrogens (tertiary/aromatic N) is 5. The van der Waals surface area contributed by atoms with Gasteiger partial charge in [-0.3, -0.25) is 5.32 Å². The lowest BCUT2D eigenvalue weighted by Crippen LogP contribution is -2.27. The Kier molecular flexibility index (Phi) is 6.27. The van der Waals surface area contributed by atoms with Gasteiger partial charge in [-0.25, -0.2) is 15.0 Å². The highest BCUT2D eigenvalue weighted by molar-refractivity contribution is 6.30. The Hall–Kier alpha value is -4.09. The number of nitrogens with one attached hydrogen (secondary N) is 3. The number of halogens is 1. The second-order valence-corrected chi connectivity index (χ2v) is 8.61. The van der Waals surface area contributed by atoms with Crippen molar-refractivity contribution in [3.63, 3.8) is 0 Å². The molecule has 4 aromatic rings. The summed E-state index contributed by atoms with van der Waals surface area (Å²) in [6, 6.07) is 15.4. The SMILES string of the molecule is N#CNC(=NCc1cccc(Cl)c1)Nc1cc(NCc2cn3cc(C4CC4)ccc3n2)ccn1. The molecule has 170 valence electrons. The minimum Gasteiger partial charge on any atom is -0.379 e. The fourth-order valence-electron chi connectivity index (χ4n) is 3.70. The van der Waals surface area contributed by atoms with Crippen LogP contribution >= 0.6 is 11.6 Å². The van der Waals surface area contributed by atoms with E-state index in [1.54, 1.807) is 6.20 Å². The topological polar surface area (TPSA) is 102 Å². The molecule has 0 bridgehead atoms. The van der Waals surface area contributed by atoms with Gasteiger partial charge in [-0.05, 0) is 54.2 Å². The minimum absolute atomic E-state index is 0.305. The molecule has 0 saturated heterocycles. The van der Waals surface area contributed by atoms with Crippen LogP contribution in [0.5, 0.6) is 0 Å². The molecule has 5 rings (SSSR count). The van der Waals surface area contributed by atoms with E-state index in [4.69, 9.17) is 21.8 Å². The molecule has 3 N–H and O–H groups in total. The molecule has 1 fully saturated rings. The first-order valence-corrected chi connectivity index (χ1v) is 11.4. The van der Waals surface area contributed by atoms with Gasteiger partial charge in [0.1, 0.15) is 11.5 Å². The monoisotopic (exact) mass is 470 g/mol. The lowest BCUT2D eigenvalue weighted by Gasteiger charge is -2.10. The van der Waals surface area contributed by atoms with Crippen LogP contribution in [-0.2, 0) is 13.1 Å². The molecule has 1 aliphatic rings. The zero-order valence-corrected chi connectivity index (χ0v) is 19.1. The predicted molar refractivity (Wildman–Crippen MR) is 134 cm³/mol. The summed E-state index contributed by atoms with van der Waals surface area (Å²) in [7, 11) is 0. The Bertz CT molecular complexity index is 1380. The van der Waals surface area contributed by atoms with E-state index in [9.17, 15) is 0 Å². The summed E-state index contributed by atoms with van der Waals surface area (Å²) >= 11 is 6.03. The predicted octanol–water partition coefficient (Wildman–Crippen LogP) is 4.91. The summed E-state index contributed by atoms with van der Waals surface area (Å²) in [4.78, 5) is 13.5. The molecule has 0 amide bonds. The Labute approximate surface area is 202 Å². The van der Waals surface area contributed by atoms with Gasteiger partial charge in [-0.2, -0.15) is 5.26 Å². The number of hydrogen-bond acceptors (Lipinski definition) is 5. The van der Waals surface area contributed by atoms with Gasteiger partial charge in [0.25, 0.3) is 0 Å². The number of hydrogen-bond donors (Lipinski definition) is 3. The van der Waals surface area contributed by atoms with Crippen molar-refractivity contribution < 1.29 is 0 Å². The Morgan fingerprint density at radius 2 is 2.09 bits per heavy atom. The maximum absolute atomic E-state index is 9.09. The van der Waals surface area contributed by atoms with E-state index in [2.05, 4.69) is 54.9 Å². The Balaban J connectivity index is 1.24. The third-order valence-electron chi connectivity index (χ3n) is 5.54. The number of guanidine groups is 1. The van der Waals surface area contributed by atoms with Crippen LogP contribution in [0.25, 0.3) is 5.65 Å². The van der Waals surface area contributed by atoms with E-state index >= 15 is 0 Å². The van der Waals surface area contributed by atoms with Crippen molar-refractivity contribution in [3.05, 3.63) is 89.0 Å². The number of anilines is 2. The van der Waals surface area contributed by atoms with Gasteiger partial charge in [0, 0.05) is 35.4 Å². The van der Waals surface area contributed by atoms with Crippen LogP contribution in [0.3, 0.4) is 0 Å². The molecule has 0 radical (unpaired) electrons. The van der Waals surface area contributed by atoms with Gasteiger partial charge in [-0.1, -0.05) is 29.8 Å². The van der Waals surface area contributed by atoms with Crippen LogP contribution in [0.1, 0.15) is 35.6 Å². The summed E-state index contributed by atoms with van der Waals surface area (Å²) < 4.78 is 2.10. The third-order valence-corrected chi connectivity index (χ3v) is 5.77. The summed E-state index contributed by atoms with van der Waals surface area (Å²) in [5, 5.41) is 18.7. The molecule has 8 nitrogen and oxygen atoms in total. The lowest BCUT2D eigenvalue weighted by molar-refractivity contribution is 1.04. The smallest absolute Gasteiger partial charge is 0.210 e. The first-order chi connectivity index (χ1) is 16.7. The first-order valence-electron chi connectivity index (χ1n) is 11.0.